The first-order valence-corrected chi connectivity index (χ1v) is 9.15. The number of carbonyl (C=O) groups excluding carboxylic acids is 1. The molecule has 2 amide bonds. The third-order valence-corrected chi connectivity index (χ3v) is 3.73. The van der Waals surface area contributed by atoms with Crippen molar-refractivity contribution < 1.29 is 4.79 Å². The van der Waals surface area contributed by atoms with Gasteiger partial charge in [0.2, 0.25) is 0 Å². The fraction of sp³-hybridized carbons (Fsp3) is 0.421. The van der Waals surface area contributed by atoms with Crippen molar-refractivity contribution >= 4 is 17.7 Å². The second kappa shape index (κ2) is 10.8. The number of carbonyl (C=O) groups is 1. The number of rotatable bonds is 8. The second-order valence-corrected chi connectivity index (χ2v) is 6.43. The van der Waals surface area contributed by atoms with Crippen LogP contribution in [0.5, 0.6) is 0 Å². The third kappa shape index (κ3) is 7.81. The highest BCUT2D eigenvalue weighted by atomic mass is 16.2. The number of nitrogens with zero attached hydrogens (tertiary/aromatic N) is 3. The van der Waals surface area contributed by atoms with E-state index in [0.29, 0.717) is 6.54 Å². The Morgan fingerprint density at radius 2 is 2.00 bits per heavy atom. The van der Waals surface area contributed by atoms with E-state index in [4.69, 9.17) is 0 Å². The molecule has 0 saturated carbocycles. The third-order valence-electron chi connectivity index (χ3n) is 3.73. The predicted molar refractivity (Wildman–Crippen MR) is 109 cm³/mol. The Kier molecular flexibility index (Phi) is 8.15. The van der Waals surface area contributed by atoms with Crippen molar-refractivity contribution in [2.24, 2.45) is 4.99 Å². The summed E-state index contributed by atoms with van der Waals surface area (Å²) < 4.78 is 1.91. The van der Waals surface area contributed by atoms with Crippen LogP contribution in [0, 0.1) is 0 Å². The quantitative estimate of drug-likeness (QED) is 0.325. The number of aromatic nitrogens is 2. The van der Waals surface area contributed by atoms with E-state index in [9.17, 15) is 4.79 Å². The Morgan fingerprint density at radius 3 is 2.63 bits per heavy atom. The van der Waals surface area contributed by atoms with Crippen LogP contribution in [-0.2, 0) is 13.1 Å². The van der Waals surface area contributed by atoms with Gasteiger partial charge >= 0.3 is 6.03 Å². The maximum absolute atomic E-state index is 11.7. The Hall–Kier alpha value is -3.03. The first-order chi connectivity index (χ1) is 13.1. The van der Waals surface area contributed by atoms with Gasteiger partial charge in [-0.1, -0.05) is 12.1 Å². The molecule has 8 heteroatoms. The summed E-state index contributed by atoms with van der Waals surface area (Å²) in [6, 6.07) is 9.55. The van der Waals surface area contributed by atoms with Gasteiger partial charge in [-0.15, -0.1) is 0 Å². The summed E-state index contributed by atoms with van der Waals surface area (Å²) in [7, 11) is 1.75. The molecule has 8 nitrogen and oxygen atoms in total. The Bertz CT molecular complexity index is 708. The number of benzene rings is 1. The standard InChI is InChI=1S/C19H29N7O/c1-15(2)24-19(27)25-17-8-6-16(7-9-17)14-22-18(20-3)21-10-4-12-26-13-5-11-23-26/h5-9,11,13,15H,4,10,12,14H2,1-3H3,(H2,20,21,22)(H2,24,25,27). The number of hydrogen-bond acceptors (Lipinski definition) is 3. The normalized spacial score (nSPS) is 11.3. The van der Waals surface area contributed by atoms with E-state index < -0.39 is 0 Å². The van der Waals surface area contributed by atoms with Crippen molar-refractivity contribution in [2.45, 2.75) is 39.4 Å². The van der Waals surface area contributed by atoms with Gasteiger partial charge in [0.25, 0.3) is 0 Å². The molecule has 0 atom stereocenters. The minimum absolute atomic E-state index is 0.104. The Labute approximate surface area is 160 Å². The van der Waals surface area contributed by atoms with E-state index in [2.05, 4.69) is 31.4 Å². The maximum Gasteiger partial charge on any atom is 0.319 e. The van der Waals surface area contributed by atoms with Crippen molar-refractivity contribution in [1.29, 1.82) is 0 Å². The number of guanidine groups is 1. The molecule has 1 heterocycles. The molecule has 4 N–H and O–H groups in total. The van der Waals surface area contributed by atoms with Crippen LogP contribution in [0.4, 0.5) is 10.5 Å². The van der Waals surface area contributed by atoms with Gasteiger partial charge in [-0.05, 0) is 44.0 Å². The minimum Gasteiger partial charge on any atom is -0.356 e. The molecule has 0 aliphatic carbocycles. The maximum atomic E-state index is 11.7. The smallest absolute Gasteiger partial charge is 0.319 e. The van der Waals surface area contributed by atoms with E-state index in [1.165, 1.54) is 0 Å². The molecule has 27 heavy (non-hydrogen) atoms. The van der Waals surface area contributed by atoms with E-state index >= 15 is 0 Å². The van der Waals surface area contributed by atoms with Gasteiger partial charge in [0.1, 0.15) is 0 Å². The van der Waals surface area contributed by atoms with Crippen molar-refractivity contribution in [3.05, 3.63) is 48.3 Å². The van der Waals surface area contributed by atoms with Gasteiger partial charge in [-0.3, -0.25) is 9.67 Å². The van der Waals surface area contributed by atoms with E-state index in [0.717, 1.165) is 36.7 Å². The fourth-order valence-corrected chi connectivity index (χ4v) is 2.42. The van der Waals surface area contributed by atoms with Gasteiger partial charge in [-0.25, -0.2) is 4.79 Å². The van der Waals surface area contributed by atoms with Crippen molar-refractivity contribution in [1.82, 2.24) is 25.7 Å². The molecule has 0 fully saturated rings. The average Bonchev–Trinajstić information content (AvgIpc) is 3.15. The minimum atomic E-state index is -0.199. The summed E-state index contributed by atoms with van der Waals surface area (Å²) in [4.78, 5) is 15.9. The van der Waals surface area contributed by atoms with Gasteiger partial charge in [0, 0.05) is 50.8 Å². The molecule has 2 rings (SSSR count). The summed E-state index contributed by atoms with van der Waals surface area (Å²) in [5.74, 6) is 0.758. The molecule has 0 bridgehead atoms. The second-order valence-electron chi connectivity index (χ2n) is 6.43. The monoisotopic (exact) mass is 371 g/mol. The summed E-state index contributed by atoms with van der Waals surface area (Å²) in [6.07, 6.45) is 4.70. The van der Waals surface area contributed by atoms with Crippen molar-refractivity contribution in [2.75, 3.05) is 18.9 Å². The molecule has 0 saturated heterocycles. The van der Waals surface area contributed by atoms with Crippen LogP contribution in [0.15, 0.2) is 47.7 Å². The molecular weight excluding hydrogens is 342 g/mol. The highest BCUT2D eigenvalue weighted by Gasteiger charge is 2.03. The van der Waals surface area contributed by atoms with Crippen LogP contribution in [0.1, 0.15) is 25.8 Å². The first kappa shape index (κ1) is 20.3. The summed E-state index contributed by atoms with van der Waals surface area (Å²) in [5.41, 5.74) is 1.86. The Balaban J connectivity index is 1.70. The lowest BCUT2D eigenvalue weighted by molar-refractivity contribution is 0.250. The van der Waals surface area contributed by atoms with Gasteiger partial charge in [-0.2, -0.15) is 5.10 Å². The van der Waals surface area contributed by atoms with Crippen molar-refractivity contribution in [3.8, 4) is 0 Å². The van der Waals surface area contributed by atoms with Gasteiger partial charge < -0.3 is 21.3 Å². The number of anilines is 1. The highest BCUT2D eigenvalue weighted by Crippen LogP contribution is 2.09. The summed E-state index contributed by atoms with van der Waals surface area (Å²) in [6.45, 7) is 6.18. The zero-order chi connectivity index (χ0) is 19.5. The fourth-order valence-electron chi connectivity index (χ4n) is 2.42. The lowest BCUT2D eigenvalue weighted by Crippen LogP contribution is -2.37. The number of aryl methyl sites for hydroxylation is 1. The predicted octanol–water partition coefficient (Wildman–Crippen LogP) is 2.17. The molecule has 0 aliphatic heterocycles. The van der Waals surface area contributed by atoms with E-state index in [1.807, 2.05) is 55.1 Å². The topological polar surface area (TPSA) is 95.4 Å². The molecule has 1 aromatic carbocycles. The van der Waals surface area contributed by atoms with Gasteiger partial charge in [0.15, 0.2) is 5.96 Å². The van der Waals surface area contributed by atoms with Crippen LogP contribution >= 0.6 is 0 Å². The number of nitrogens with one attached hydrogen (secondary N) is 4. The Morgan fingerprint density at radius 1 is 1.22 bits per heavy atom. The molecular formula is C19H29N7O. The zero-order valence-electron chi connectivity index (χ0n) is 16.2. The zero-order valence-corrected chi connectivity index (χ0v) is 16.2. The summed E-state index contributed by atoms with van der Waals surface area (Å²) >= 11 is 0. The number of aliphatic imine (C=N–C) groups is 1. The van der Waals surface area contributed by atoms with Crippen LogP contribution in [0.3, 0.4) is 0 Å². The first-order valence-electron chi connectivity index (χ1n) is 9.15. The average molecular weight is 371 g/mol. The van der Waals surface area contributed by atoms with E-state index in [-0.39, 0.29) is 12.1 Å². The number of hydrogen-bond donors (Lipinski definition) is 4. The van der Waals surface area contributed by atoms with E-state index in [1.54, 1.807) is 13.2 Å². The molecule has 2 aromatic rings. The van der Waals surface area contributed by atoms with Crippen molar-refractivity contribution in [3.63, 3.8) is 0 Å². The molecule has 1 aromatic heterocycles. The number of urea groups is 1. The molecule has 0 spiro atoms. The molecule has 0 aliphatic rings. The SMILES string of the molecule is CN=C(NCCCn1cccn1)NCc1ccc(NC(=O)NC(C)C)cc1. The van der Waals surface area contributed by atoms with Crippen LogP contribution in [0.25, 0.3) is 0 Å². The molecule has 0 unspecified atom stereocenters. The molecule has 0 radical (unpaired) electrons. The largest absolute Gasteiger partial charge is 0.356 e. The highest BCUT2D eigenvalue weighted by molar-refractivity contribution is 5.89. The number of amides is 2. The van der Waals surface area contributed by atoms with Crippen LogP contribution in [0.2, 0.25) is 0 Å². The lowest BCUT2D eigenvalue weighted by atomic mass is 10.2. The van der Waals surface area contributed by atoms with Gasteiger partial charge in [0.05, 0.1) is 0 Å². The lowest BCUT2D eigenvalue weighted by Gasteiger charge is -2.13. The summed E-state index contributed by atoms with van der Waals surface area (Å²) in [5, 5.41) is 16.4. The molecule has 146 valence electrons. The van der Waals surface area contributed by atoms with Crippen LogP contribution in [-0.4, -0.2) is 41.4 Å². The van der Waals surface area contributed by atoms with Crippen LogP contribution < -0.4 is 21.3 Å².